The Kier molecular flexibility index (Phi) is 10.9. The Morgan fingerprint density at radius 1 is 1.22 bits per heavy atom. The molecule has 2 aromatic heterocycles. The van der Waals surface area contributed by atoms with Gasteiger partial charge in [0.05, 0.1) is 5.52 Å². The fourth-order valence-electron chi connectivity index (χ4n) is 3.02. The smallest absolute Gasteiger partial charge is 0.212 e. The molecule has 1 unspecified atom stereocenters. The zero-order chi connectivity index (χ0) is 27.6. The van der Waals surface area contributed by atoms with Crippen molar-refractivity contribution in [1.82, 2.24) is 15.2 Å². The lowest BCUT2D eigenvalue weighted by Crippen LogP contribution is -2.11. The summed E-state index contributed by atoms with van der Waals surface area (Å²) in [4.78, 5) is 15.1. The molecule has 0 aliphatic heterocycles. The molecule has 198 valence electrons. The van der Waals surface area contributed by atoms with E-state index in [1.807, 2.05) is 31.2 Å². The highest BCUT2D eigenvalue weighted by molar-refractivity contribution is 7.84. The molecule has 0 fully saturated rings. The van der Waals surface area contributed by atoms with Crippen molar-refractivity contribution < 1.29 is 18.1 Å². The van der Waals surface area contributed by atoms with Crippen LogP contribution in [-0.4, -0.2) is 32.1 Å². The van der Waals surface area contributed by atoms with Crippen molar-refractivity contribution in [3.8, 4) is 5.75 Å². The molecule has 0 saturated heterocycles. The highest BCUT2D eigenvalue weighted by Crippen LogP contribution is 2.29. The maximum Gasteiger partial charge on any atom is 0.212 e. The van der Waals surface area contributed by atoms with Gasteiger partial charge >= 0.3 is 0 Å². The predicted molar refractivity (Wildman–Crippen MR) is 149 cm³/mol. The van der Waals surface area contributed by atoms with Gasteiger partial charge in [0, 0.05) is 56.3 Å². The van der Waals surface area contributed by atoms with Crippen molar-refractivity contribution in [2.24, 2.45) is 0 Å². The van der Waals surface area contributed by atoms with Gasteiger partial charge in [-0.1, -0.05) is 39.8 Å². The lowest BCUT2D eigenvalue weighted by atomic mass is 9.92. The molecule has 0 saturated carbocycles. The molecule has 7 nitrogen and oxygen atoms in total. The summed E-state index contributed by atoms with van der Waals surface area (Å²) >= 11 is 0. The van der Waals surface area contributed by atoms with Crippen LogP contribution in [0.5, 0.6) is 5.75 Å². The van der Waals surface area contributed by atoms with E-state index in [4.69, 9.17) is 4.74 Å². The standard InChI is InChI=1S/C20H22FNO2S.C8H13N3O/c1-5-6-7-8-19(14(2)15(3)21)24-20-11-12-22-18-10-9-16(25(4)23)13-17(18)20;1-8(2,3)6-4-7(9-5-12)11-10-6/h6-13H,5H2,1-4H3;4-5H,1-3H3,(H2,9,10,11,12)/b7-6+,15-14+,19-8+;. The van der Waals surface area contributed by atoms with E-state index in [1.165, 1.54) is 6.92 Å². The molecule has 1 amide bonds. The summed E-state index contributed by atoms with van der Waals surface area (Å²) in [6.45, 7) is 11.3. The highest BCUT2D eigenvalue weighted by atomic mass is 32.2. The van der Waals surface area contributed by atoms with Crippen LogP contribution in [-0.2, 0) is 21.0 Å². The molecule has 3 rings (SSSR count). The molecule has 0 spiro atoms. The minimum absolute atomic E-state index is 0.0375. The normalized spacial score (nSPS) is 13.6. The van der Waals surface area contributed by atoms with Gasteiger partial charge in [0.1, 0.15) is 17.3 Å². The number of hydrogen-bond donors (Lipinski definition) is 2. The molecule has 9 heteroatoms. The van der Waals surface area contributed by atoms with Gasteiger partial charge in [-0.2, -0.15) is 5.10 Å². The number of aromatic nitrogens is 3. The fourth-order valence-corrected chi connectivity index (χ4v) is 3.57. The topological polar surface area (TPSA) is 97.0 Å². The number of amides is 1. The second-order valence-electron chi connectivity index (χ2n) is 9.25. The van der Waals surface area contributed by atoms with Crippen LogP contribution in [0.25, 0.3) is 10.9 Å². The number of nitrogens with one attached hydrogen (secondary N) is 2. The summed E-state index contributed by atoms with van der Waals surface area (Å²) in [5.41, 5.74) is 2.21. The van der Waals surface area contributed by atoms with E-state index < -0.39 is 10.8 Å². The van der Waals surface area contributed by atoms with E-state index in [9.17, 15) is 13.4 Å². The maximum absolute atomic E-state index is 13.7. The van der Waals surface area contributed by atoms with Crippen LogP contribution in [0.15, 0.2) is 76.8 Å². The van der Waals surface area contributed by atoms with Crippen LogP contribution < -0.4 is 10.1 Å². The fraction of sp³-hybridized carbons (Fsp3) is 0.321. The van der Waals surface area contributed by atoms with Crippen molar-refractivity contribution in [3.05, 3.63) is 77.6 Å². The zero-order valence-corrected chi connectivity index (χ0v) is 23.2. The second-order valence-corrected chi connectivity index (χ2v) is 10.6. The average Bonchev–Trinajstić information content (AvgIpc) is 3.33. The molecule has 0 aliphatic rings. The minimum atomic E-state index is -1.11. The van der Waals surface area contributed by atoms with Crippen molar-refractivity contribution in [1.29, 1.82) is 0 Å². The number of hydrogen-bond acceptors (Lipinski definition) is 5. The van der Waals surface area contributed by atoms with Gasteiger partial charge in [-0.15, -0.1) is 0 Å². The number of aromatic amines is 1. The molecule has 1 atom stereocenters. The van der Waals surface area contributed by atoms with Crippen LogP contribution in [0.3, 0.4) is 0 Å². The number of allylic oxidation sites excluding steroid dienone is 5. The zero-order valence-electron chi connectivity index (χ0n) is 22.4. The van der Waals surface area contributed by atoms with Crippen LogP contribution in [0, 0.1) is 0 Å². The van der Waals surface area contributed by atoms with Crippen molar-refractivity contribution in [2.45, 2.75) is 58.3 Å². The molecule has 0 bridgehead atoms. The van der Waals surface area contributed by atoms with Gasteiger partial charge < -0.3 is 10.1 Å². The number of ether oxygens (including phenoxy) is 1. The van der Waals surface area contributed by atoms with E-state index in [-0.39, 0.29) is 11.2 Å². The third kappa shape index (κ3) is 8.78. The molecule has 37 heavy (non-hydrogen) atoms. The third-order valence-corrected chi connectivity index (χ3v) is 6.24. The summed E-state index contributed by atoms with van der Waals surface area (Å²) in [5, 5.41) is 9.98. The third-order valence-electron chi connectivity index (χ3n) is 5.32. The Morgan fingerprint density at radius 2 is 1.95 bits per heavy atom. The molecule has 0 radical (unpaired) electrons. The number of anilines is 1. The van der Waals surface area contributed by atoms with Crippen LogP contribution >= 0.6 is 0 Å². The Hall–Kier alpha value is -3.59. The first kappa shape index (κ1) is 29.6. The Labute approximate surface area is 220 Å². The van der Waals surface area contributed by atoms with Crippen LogP contribution in [0.2, 0.25) is 0 Å². The minimum Gasteiger partial charge on any atom is -0.456 e. The average molecular weight is 527 g/mol. The molecule has 3 aromatic rings. The number of pyridine rings is 1. The number of nitrogens with zero attached hydrogens (tertiary/aromatic N) is 2. The van der Waals surface area contributed by atoms with Crippen molar-refractivity contribution >= 4 is 33.9 Å². The van der Waals surface area contributed by atoms with Gasteiger partial charge in [0.15, 0.2) is 5.82 Å². The Morgan fingerprint density at radius 3 is 2.51 bits per heavy atom. The SMILES string of the molecule is CC(C)(C)c1cc(NC=O)n[nH]1.CC/C=C/C=C(Oc1ccnc2ccc(S(C)=O)cc12)\C(C)=C(/C)F. The summed E-state index contributed by atoms with van der Waals surface area (Å²) < 4.78 is 31.5. The van der Waals surface area contributed by atoms with Gasteiger partial charge in [0.25, 0.3) is 0 Å². The van der Waals surface area contributed by atoms with Gasteiger partial charge in [0.2, 0.25) is 6.41 Å². The lowest BCUT2D eigenvalue weighted by Gasteiger charge is -2.14. The Bertz CT molecular complexity index is 1330. The number of carbonyl (C=O) groups is 1. The van der Waals surface area contributed by atoms with E-state index in [1.54, 1.807) is 43.7 Å². The largest absolute Gasteiger partial charge is 0.456 e. The van der Waals surface area contributed by atoms with Gasteiger partial charge in [-0.25, -0.2) is 4.39 Å². The van der Waals surface area contributed by atoms with E-state index in [0.29, 0.717) is 34.2 Å². The highest BCUT2D eigenvalue weighted by Gasteiger charge is 2.16. The van der Waals surface area contributed by atoms with E-state index in [0.717, 1.165) is 23.0 Å². The predicted octanol–water partition coefficient (Wildman–Crippen LogP) is 6.74. The number of rotatable bonds is 8. The summed E-state index contributed by atoms with van der Waals surface area (Å²) in [6, 6.07) is 8.95. The van der Waals surface area contributed by atoms with Crippen molar-refractivity contribution in [3.63, 3.8) is 0 Å². The first-order valence-electron chi connectivity index (χ1n) is 11.8. The molecule has 0 aliphatic carbocycles. The quantitative estimate of drug-likeness (QED) is 0.192. The van der Waals surface area contributed by atoms with Gasteiger partial charge in [-0.05, 0) is 50.6 Å². The number of fused-ring (bicyclic) bond motifs is 1. The number of H-pyrrole nitrogens is 1. The molecule has 2 N–H and O–H groups in total. The number of carbonyl (C=O) groups excluding carboxylic acids is 1. The Balaban J connectivity index is 0.000000335. The molecular weight excluding hydrogens is 491 g/mol. The van der Waals surface area contributed by atoms with Gasteiger partial charge in [-0.3, -0.25) is 19.1 Å². The molecular formula is C28H35FN4O3S. The summed E-state index contributed by atoms with van der Waals surface area (Å²) in [5.74, 6) is 1.24. The second kappa shape index (κ2) is 13.6. The molecule has 1 aromatic carbocycles. The van der Waals surface area contributed by atoms with E-state index >= 15 is 0 Å². The summed E-state index contributed by atoms with van der Waals surface area (Å²) in [6.07, 6.45) is 10.3. The number of benzene rings is 1. The van der Waals surface area contributed by atoms with Crippen LogP contribution in [0.4, 0.5) is 10.2 Å². The first-order valence-corrected chi connectivity index (χ1v) is 13.4. The molecule has 2 heterocycles. The van der Waals surface area contributed by atoms with Crippen molar-refractivity contribution in [2.75, 3.05) is 11.6 Å². The monoisotopic (exact) mass is 526 g/mol. The van der Waals surface area contributed by atoms with Crippen LogP contribution in [0.1, 0.15) is 53.7 Å². The first-order chi connectivity index (χ1) is 17.5. The summed E-state index contributed by atoms with van der Waals surface area (Å²) in [7, 11) is -1.11. The maximum atomic E-state index is 13.7. The lowest BCUT2D eigenvalue weighted by molar-refractivity contribution is -0.105. The van der Waals surface area contributed by atoms with E-state index in [2.05, 4.69) is 41.3 Å². The number of halogens is 1.